The lowest BCUT2D eigenvalue weighted by Gasteiger charge is -2.39. The van der Waals surface area contributed by atoms with Gasteiger partial charge in [-0.15, -0.1) is 0 Å². The third-order valence-corrected chi connectivity index (χ3v) is 12.9. The number of amides is 4. The fourth-order valence-electron chi connectivity index (χ4n) is 9.06. The summed E-state index contributed by atoms with van der Waals surface area (Å²) in [5.41, 5.74) is 8.08. The number of aryl methyl sites for hydroxylation is 1. The first kappa shape index (κ1) is 42.6. The van der Waals surface area contributed by atoms with Crippen molar-refractivity contribution < 1.29 is 18.9 Å². The van der Waals surface area contributed by atoms with Crippen molar-refractivity contribution in [2.24, 2.45) is 5.92 Å². The summed E-state index contributed by atoms with van der Waals surface area (Å²) < 4.78 is 5.25. The lowest BCUT2D eigenvalue weighted by molar-refractivity contribution is -0.127. The van der Waals surface area contributed by atoms with Gasteiger partial charge in [0, 0.05) is 111 Å². The maximum atomic E-state index is 12.9. The van der Waals surface area contributed by atoms with Crippen LogP contribution in [0.15, 0.2) is 77.7 Å². The molecule has 4 amide bonds. The average molecular weight is 865 g/mol. The second-order valence-corrected chi connectivity index (χ2v) is 18.4. The molecule has 0 unspecified atom stereocenters. The molecule has 0 radical (unpaired) electrons. The number of hydrogen-bond donors (Lipinski definition) is 2. The normalized spacial score (nSPS) is 17.4. The lowest BCUT2D eigenvalue weighted by Crippen LogP contribution is -2.50. The van der Waals surface area contributed by atoms with Gasteiger partial charge in [0.05, 0.1) is 11.7 Å². The van der Waals surface area contributed by atoms with Gasteiger partial charge < -0.3 is 24.6 Å². The van der Waals surface area contributed by atoms with Gasteiger partial charge in [-0.1, -0.05) is 38.1 Å². The van der Waals surface area contributed by atoms with E-state index >= 15 is 0 Å². The molecule has 4 aromatic heterocycles. The maximum absolute atomic E-state index is 12.9. The van der Waals surface area contributed by atoms with E-state index < -0.39 is 5.91 Å². The molecular formula is C48H56N12O4. The summed E-state index contributed by atoms with van der Waals surface area (Å²) in [6.07, 6.45) is 6.16. The van der Waals surface area contributed by atoms with E-state index in [0.717, 1.165) is 115 Å². The van der Waals surface area contributed by atoms with Gasteiger partial charge in [-0.2, -0.15) is 4.98 Å². The number of carbonyl (C=O) groups excluding carboxylic acids is 3. The van der Waals surface area contributed by atoms with Gasteiger partial charge in [0.25, 0.3) is 0 Å². The molecule has 0 spiro atoms. The number of urea groups is 1. The Labute approximate surface area is 373 Å². The third kappa shape index (κ3) is 8.78. The number of pyridine rings is 1. The predicted octanol–water partition coefficient (Wildman–Crippen LogP) is 6.99. The Kier molecular flexibility index (Phi) is 11.6. The van der Waals surface area contributed by atoms with Gasteiger partial charge in [0.15, 0.2) is 5.82 Å². The molecule has 16 nitrogen and oxygen atoms in total. The number of nitrogens with one attached hydrogen (secondary N) is 2. The highest BCUT2D eigenvalue weighted by molar-refractivity contribution is 6.05. The van der Waals surface area contributed by atoms with E-state index in [0.29, 0.717) is 24.7 Å². The number of piperazine rings is 1. The van der Waals surface area contributed by atoms with Crippen molar-refractivity contribution in [3.05, 3.63) is 96.0 Å². The maximum Gasteiger partial charge on any atom is 0.330 e. The molecule has 2 N–H and O–H groups in total. The number of fused-ring (bicyclic) bond motifs is 1. The van der Waals surface area contributed by atoms with Crippen molar-refractivity contribution >= 4 is 46.1 Å². The van der Waals surface area contributed by atoms with E-state index in [-0.39, 0.29) is 29.3 Å². The van der Waals surface area contributed by atoms with Gasteiger partial charge in [-0.3, -0.25) is 24.3 Å². The Morgan fingerprint density at radius 2 is 1.61 bits per heavy atom. The molecule has 3 saturated heterocycles. The quantitative estimate of drug-likeness (QED) is 0.145. The summed E-state index contributed by atoms with van der Waals surface area (Å²) in [6, 6.07) is 20.1. The van der Waals surface area contributed by atoms with Crippen LogP contribution in [0.5, 0.6) is 0 Å². The van der Waals surface area contributed by atoms with Crippen LogP contribution in [0.2, 0.25) is 0 Å². The molecule has 16 heteroatoms. The standard InChI is InChI=1S/C48H56N12O4/c1-30-25-33(7-13-37(30)31(2)52-44(62)45-54-46(55-64-45)48(3,4)5)42-38-26-39(53-43(38)51-29-50-42)34-8-14-40(49-27-34)59-23-21-57(22-24-59)28-32-15-18-58(19-16-32)35-9-11-36(12-10-35)60-20-17-41(61)56(6)47(60)63/h7-14,25-27,29,31-32H,15-24,28H2,1-6H3,(H,52,62)(H,50,51,53)/t31-/m1/s1. The topological polar surface area (TPSA) is 173 Å². The number of benzene rings is 2. The molecule has 7 heterocycles. The predicted molar refractivity (Wildman–Crippen MR) is 246 cm³/mol. The molecular weight excluding hydrogens is 809 g/mol. The van der Waals surface area contributed by atoms with Crippen LogP contribution >= 0.6 is 0 Å². The highest BCUT2D eigenvalue weighted by Crippen LogP contribution is 2.33. The van der Waals surface area contributed by atoms with E-state index in [2.05, 4.69) is 76.5 Å². The summed E-state index contributed by atoms with van der Waals surface area (Å²) in [6.45, 7) is 17.3. The van der Waals surface area contributed by atoms with Crippen molar-refractivity contribution in [3.8, 4) is 22.5 Å². The zero-order chi connectivity index (χ0) is 44.7. The van der Waals surface area contributed by atoms with Crippen LogP contribution in [-0.2, 0) is 10.2 Å². The Hall–Kier alpha value is -6.68. The van der Waals surface area contributed by atoms with Crippen molar-refractivity contribution in [3.63, 3.8) is 0 Å². The zero-order valence-electron chi connectivity index (χ0n) is 37.5. The summed E-state index contributed by atoms with van der Waals surface area (Å²) in [5.74, 6) is 1.54. The van der Waals surface area contributed by atoms with Crippen LogP contribution in [0, 0.1) is 12.8 Å². The highest BCUT2D eigenvalue weighted by atomic mass is 16.5. The molecule has 3 aliphatic rings. The number of aromatic amines is 1. The minimum absolute atomic E-state index is 0.0497. The lowest BCUT2D eigenvalue weighted by atomic mass is 9.95. The molecule has 3 aliphatic heterocycles. The number of imide groups is 1. The smallest absolute Gasteiger partial charge is 0.330 e. The summed E-state index contributed by atoms with van der Waals surface area (Å²) in [4.78, 5) is 69.7. The molecule has 6 aromatic rings. The monoisotopic (exact) mass is 864 g/mol. The molecule has 3 fully saturated rings. The number of aromatic nitrogens is 6. The van der Waals surface area contributed by atoms with Gasteiger partial charge >= 0.3 is 17.8 Å². The molecule has 64 heavy (non-hydrogen) atoms. The van der Waals surface area contributed by atoms with Gasteiger partial charge in [-0.25, -0.2) is 19.7 Å². The minimum atomic E-state index is -0.411. The number of anilines is 3. The molecule has 1 atom stereocenters. The molecule has 2 aromatic carbocycles. The summed E-state index contributed by atoms with van der Waals surface area (Å²) in [5, 5.41) is 7.89. The molecule has 332 valence electrons. The second-order valence-electron chi connectivity index (χ2n) is 18.4. The number of hydrogen-bond acceptors (Lipinski definition) is 12. The van der Waals surface area contributed by atoms with Gasteiger partial charge in [0.2, 0.25) is 5.91 Å². The number of carbonyl (C=O) groups is 3. The molecule has 0 saturated carbocycles. The molecule has 0 bridgehead atoms. The first-order valence-corrected chi connectivity index (χ1v) is 22.3. The van der Waals surface area contributed by atoms with E-state index in [1.807, 2.05) is 65.1 Å². The summed E-state index contributed by atoms with van der Waals surface area (Å²) >= 11 is 0. The zero-order valence-corrected chi connectivity index (χ0v) is 37.5. The second kappa shape index (κ2) is 17.5. The Bertz CT molecular complexity index is 2650. The van der Waals surface area contributed by atoms with Crippen LogP contribution in [0.3, 0.4) is 0 Å². The van der Waals surface area contributed by atoms with E-state index in [1.54, 1.807) is 18.3 Å². The Morgan fingerprint density at radius 3 is 2.30 bits per heavy atom. The molecule has 0 aliphatic carbocycles. The first-order valence-electron chi connectivity index (χ1n) is 22.3. The highest BCUT2D eigenvalue weighted by Gasteiger charge is 2.31. The number of nitrogens with zero attached hydrogens (tertiary/aromatic N) is 10. The van der Waals surface area contributed by atoms with Crippen LogP contribution < -0.4 is 20.0 Å². The van der Waals surface area contributed by atoms with Crippen molar-refractivity contribution in [1.82, 2.24) is 45.2 Å². The first-order chi connectivity index (χ1) is 30.8. The van der Waals surface area contributed by atoms with Crippen molar-refractivity contribution in [2.75, 3.05) is 74.1 Å². The fraction of sp³-hybridized carbons (Fsp3) is 0.417. The SMILES string of the molecule is Cc1cc(-c2ncnc3[nH]c(-c4ccc(N5CCN(CC6CCN(c7ccc(N8CCC(=O)N(C)C8=O)cc7)CC6)CC5)nc4)cc23)ccc1[C@@H](C)NC(=O)c1nc(C(C)(C)C)no1. The Balaban J connectivity index is 0.766. The van der Waals surface area contributed by atoms with Crippen LogP contribution in [0.1, 0.15) is 80.6 Å². The van der Waals surface area contributed by atoms with Crippen molar-refractivity contribution in [2.45, 2.75) is 65.3 Å². The number of H-pyrrole nitrogens is 1. The number of rotatable bonds is 10. The minimum Gasteiger partial charge on any atom is -0.372 e. The Morgan fingerprint density at radius 1 is 0.875 bits per heavy atom. The molecule has 9 rings (SSSR count). The van der Waals surface area contributed by atoms with Gasteiger partial charge in [-0.05, 0) is 92.3 Å². The van der Waals surface area contributed by atoms with E-state index in [9.17, 15) is 14.4 Å². The van der Waals surface area contributed by atoms with Crippen LogP contribution in [-0.4, -0.2) is 117 Å². The van der Waals surface area contributed by atoms with Crippen LogP contribution in [0.4, 0.5) is 22.0 Å². The average Bonchev–Trinajstić information content (AvgIpc) is 3.99. The number of piperidine rings is 1. The van der Waals surface area contributed by atoms with E-state index in [1.165, 1.54) is 10.6 Å². The summed E-state index contributed by atoms with van der Waals surface area (Å²) in [7, 11) is 1.55. The van der Waals surface area contributed by atoms with E-state index in [4.69, 9.17) is 14.5 Å². The van der Waals surface area contributed by atoms with Gasteiger partial charge in [0.1, 0.15) is 17.8 Å². The largest absolute Gasteiger partial charge is 0.372 e. The fourth-order valence-corrected chi connectivity index (χ4v) is 9.06. The third-order valence-electron chi connectivity index (χ3n) is 12.9. The van der Waals surface area contributed by atoms with Crippen LogP contribution in [0.25, 0.3) is 33.5 Å². The van der Waals surface area contributed by atoms with Crippen molar-refractivity contribution in [1.29, 1.82) is 0 Å².